The highest BCUT2D eigenvalue weighted by atomic mass is 16.8. The molecule has 8 nitrogen and oxygen atoms in total. The average molecular weight is 487 g/mol. The fourth-order valence-electron chi connectivity index (χ4n) is 4.47. The second kappa shape index (κ2) is 16.5. The van der Waals surface area contributed by atoms with Crippen molar-refractivity contribution in [2.75, 3.05) is 13.2 Å². The van der Waals surface area contributed by atoms with Crippen molar-refractivity contribution in [3.8, 4) is 0 Å². The number of hydrogen-bond acceptors (Lipinski definition) is 8. The number of esters is 2. The van der Waals surface area contributed by atoms with E-state index in [0.717, 1.165) is 38.5 Å². The highest BCUT2D eigenvalue weighted by molar-refractivity contribution is 5.78. The van der Waals surface area contributed by atoms with Gasteiger partial charge in [0.2, 0.25) is 0 Å². The first-order valence-corrected chi connectivity index (χ1v) is 13.5. The molecule has 0 radical (unpaired) electrons. The van der Waals surface area contributed by atoms with E-state index in [2.05, 4.69) is 13.8 Å². The highest BCUT2D eigenvalue weighted by Gasteiger charge is 2.54. The number of fused-ring (bicyclic) bond motifs is 1. The summed E-state index contributed by atoms with van der Waals surface area (Å²) in [6.07, 6.45) is 7.30. The summed E-state index contributed by atoms with van der Waals surface area (Å²) >= 11 is 0. The monoisotopic (exact) mass is 486 g/mol. The Morgan fingerprint density at radius 3 is 1.32 bits per heavy atom. The van der Waals surface area contributed by atoms with Crippen molar-refractivity contribution < 1.29 is 38.0 Å². The summed E-state index contributed by atoms with van der Waals surface area (Å²) in [5, 5.41) is 0. The van der Waals surface area contributed by atoms with E-state index < -0.39 is 48.9 Å². The largest absolute Gasteiger partial charge is 0.464 e. The van der Waals surface area contributed by atoms with Crippen LogP contribution in [0, 0.1) is 0 Å². The van der Waals surface area contributed by atoms with E-state index in [1.165, 1.54) is 25.7 Å². The van der Waals surface area contributed by atoms with Crippen LogP contribution in [0.1, 0.15) is 105 Å². The molecule has 6 atom stereocenters. The van der Waals surface area contributed by atoms with Gasteiger partial charge in [0, 0.05) is 0 Å². The summed E-state index contributed by atoms with van der Waals surface area (Å²) in [7, 11) is 0. The average Bonchev–Trinajstić information content (AvgIpc) is 3.16. The van der Waals surface area contributed by atoms with Gasteiger partial charge in [-0.2, -0.15) is 0 Å². The highest BCUT2D eigenvalue weighted by Crippen LogP contribution is 2.35. The topological polar surface area (TPSA) is 89.5 Å². The Balaban J connectivity index is 2.13. The van der Waals surface area contributed by atoms with Crippen LogP contribution in [0.3, 0.4) is 0 Å². The zero-order valence-electron chi connectivity index (χ0n) is 21.6. The summed E-state index contributed by atoms with van der Waals surface area (Å²) in [6.45, 7) is 8.30. The third-order valence-corrected chi connectivity index (χ3v) is 6.26. The molecule has 2 fully saturated rings. The molecule has 2 unspecified atom stereocenters. The third-order valence-electron chi connectivity index (χ3n) is 6.26. The molecule has 8 heteroatoms. The van der Waals surface area contributed by atoms with Gasteiger partial charge in [0.05, 0.1) is 13.2 Å². The molecule has 0 aromatic rings. The number of carbonyl (C=O) groups is 2. The van der Waals surface area contributed by atoms with Crippen molar-refractivity contribution in [3.05, 3.63) is 0 Å². The number of carbonyl (C=O) groups excluding carboxylic acids is 2. The van der Waals surface area contributed by atoms with Gasteiger partial charge in [-0.05, 0) is 39.5 Å². The van der Waals surface area contributed by atoms with Gasteiger partial charge in [-0.15, -0.1) is 0 Å². The molecule has 0 aliphatic carbocycles. The van der Waals surface area contributed by atoms with Gasteiger partial charge in [0.1, 0.15) is 12.2 Å². The standard InChI is InChI=1S/C26H46O8/c1-5-9-11-13-15-17-19-31-21-22(32-19)24(26(28)30-8-4)34-20(18-16-14-12-10-6-2)33-23(21)25(27)29-7-3/h19-24H,5-18H2,1-4H3/t19?,20?,21-,22+,23+,24-. The molecule has 2 saturated heterocycles. The first-order chi connectivity index (χ1) is 16.5. The van der Waals surface area contributed by atoms with Crippen LogP contribution in [0.4, 0.5) is 0 Å². The van der Waals surface area contributed by atoms with Crippen LogP contribution in [-0.2, 0) is 38.0 Å². The predicted octanol–water partition coefficient (Wildman–Crippen LogP) is 5.05. The van der Waals surface area contributed by atoms with Gasteiger partial charge < -0.3 is 28.4 Å². The van der Waals surface area contributed by atoms with Gasteiger partial charge in [-0.1, -0.05) is 65.2 Å². The number of hydrogen-bond donors (Lipinski definition) is 0. The van der Waals surface area contributed by atoms with E-state index in [1.807, 2.05) is 0 Å². The Kier molecular flexibility index (Phi) is 14.0. The quantitative estimate of drug-likeness (QED) is 0.221. The summed E-state index contributed by atoms with van der Waals surface area (Å²) < 4.78 is 35.1. The molecule has 0 bridgehead atoms. The van der Waals surface area contributed by atoms with Crippen molar-refractivity contribution in [3.63, 3.8) is 0 Å². The van der Waals surface area contributed by atoms with Crippen molar-refractivity contribution >= 4 is 11.9 Å². The summed E-state index contributed by atoms with van der Waals surface area (Å²) in [6, 6.07) is 0. The molecule has 2 heterocycles. The first-order valence-electron chi connectivity index (χ1n) is 13.5. The summed E-state index contributed by atoms with van der Waals surface area (Å²) in [4.78, 5) is 25.7. The number of ether oxygens (including phenoxy) is 6. The van der Waals surface area contributed by atoms with Gasteiger partial charge in [0.25, 0.3) is 0 Å². The molecule has 2 aliphatic heterocycles. The molecule has 0 spiro atoms. The summed E-state index contributed by atoms with van der Waals surface area (Å²) in [5.41, 5.74) is 0. The lowest BCUT2D eigenvalue weighted by molar-refractivity contribution is -0.224. The van der Waals surface area contributed by atoms with Gasteiger partial charge in [-0.3, -0.25) is 0 Å². The lowest BCUT2D eigenvalue weighted by atomic mass is 10.0. The second-order valence-corrected chi connectivity index (χ2v) is 9.08. The molecular formula is C26H46O8. The molecule has 198 valence electrons. The number of rotatable bonds is 16. The van der Waals surface area contributed by atoms with Crippen LogP contribution in [-0.4, -0.2) is 62.1 Å². The Morgan fingerprint density at radius 2 is 0.941 bits per heavy atom. The van der Waals surface area contributed by atoms with Gasteiger partial charge in [-0.25, -0.2) is 9.59 Å². The maximum Gasteiger partial charge on any atom is 0.338 e. The smallest absolute Gasteiger partial charge is 0.338 e. The van der Waals surface area contributed by atoms with Crippen LogP contribution < -0.4 is 0 Å². The maximum atomic E-state index is 12.8. The van der Waals surface area contributed by atoms with E-state index in [1.54, 1.807) is 13.8 Å². The molecule has 2 rings (SSSR count). The number of unbranched alkanes of at least 4 members (excludes halogenated alkanes) is 8. The molecule has 0 N–H and O–H groups in total. The second-order valence-electron chi connectivity index (χ2n) is 9.08. The van der Waals surface area contributed by atoms with Crippen LogP contribution in [0.2, 0.25) is 0 Å². The Morgan fingerprint density at radius 1 is 0.559 bits per heavy atom. The van der Waals surface area contributed by atoms with E-state index in [-0.39, 0.29) is 13.2 Å². The van der Waals surface area contributed by atoms with E-state index in [4.69, 9.17) is 28.4 Å². The zero-order chi connectivity index (χ0) is 24.8. The van der Waals surface area contributed by atoms with Crippen LogP contribution in [0.25, 0.3) is 0 Å². The van der Waals surface area contributed by atoms with Crippen molar-refractivity contribution in [1.29, 1.82) is 0 Å². The molecule has 2 aliphatic rings. The molecule has 0 amide bonds. The minimum absolute atomic E-state index is 0.224. The van der Waals surface area contributed by atoms with Crippen molar-refractivity contribution in [1.82, 2.24) is 0 Å². The molecule has 34 heavy (non-hydrogen) atoms. The lowest BCUT2D eigenvalue weighted by Gasteiger charge is -2.24. The minimum Gasteiger partial charge on any atom is -0.464 e. The summed E-state index contributed by atoms with van der Waals surface area (Å²) in [5.74, 6) is -1.04. The Labute approximate surface area is 205 Å². The predicted molar refractivity (Wildman–Crippen MR) is 127 cm³/mol. The minimum atomic E-state index is -1.02. The fourth-order valence-corrected chi connectivity index (χ4v) is 4.47. The third kappa shape index (κ3) is 9.10. The molecular weight excluding hydrogens is 440 g/mol. The molecule has 0 aromatic carbocycles. The SMILES string of the molecule is CCCCCCCC1O[C@@H]2[C@H](O1)[C@H](C(=O)OCC)OC(CCCCCCC)O[C@@H]2C(=O)OCC. The maximum absolute atomic E-state index is 12.8. The van der Waals surface area contributed by atoms with Crippen LogP contribution in [0.5, 0.6) is 0 Å². The van der Waals surface area contributed by atoms with E-state index in [9.17, 15) is 9.59 Å². The van der Waals surface area contributed by atoms with Crippen molar-refractivity contribution in [2.24, 2.45) is 0 Å². The van der Waals surface area contributed by atoms with Crippen LogP contribution in [0.15, 0.2) is 0 Å². The fraction of sp³-hybridized carbons (Fsp3) is 0.923. The molecule has 0 aromatic heterocycles. The first kappa shape index (κ1) is 29.0. The zero-order valence-corrected chi connectivity index (χ0v) is 21.6. The normalized spacial score (nSPS) is 28.8. The van der Waals surface area contributed by atoms with Crippen LogP contribution >= 0.6 is 0 Å². The lowest BCUT2D eigenvalue weighted by Crippen LogP contribution is -2.48. The van der Waals surface area contributed by atoms with Crippen molar-refractivity contribution in [2.45, 2.75) is 142 Å². The van der Waals surface area contributed by atoms with Gasteiger partial charge >= 0.3 is 11.9 Å². The van der Waals surface area contributed by atoms with Gasteiger partial charge in [0.15, 0.2) is 24.8 Å². The van der Waals surface area contributed by atoms with E-state index in [0.29, 0.717) is 12.8 Å². The Hall–Kier alpha value is -1.22. The molecule has 0 saturated carbocycles. The van der Waals surface area contributed by atoms with E-state index >= 15 is 0 Å². The Bertz CT molecular complexity index is 547.